The van der Waals surface area contributed by atoms with Gasteiger partial charge >= 0.3 is 5.97 Å². The molecule has 1 aliphatic heterocycles. The van der Waals surface area contributed by atoms with Gasteiger partial charge < -0.3 is 10.4 Å². The molecule has 0 aromatic heterocycles. The minimum atomic E-state index is -1.25. The van der Waals surface area contributed by atoms with Gasteiger partial charge in [0.05, 0.1) is 15.9 Å². The molecule has 2 aromatic rings. The molecular weight excluding hydrogens is 426 g/mol. The predicted octanol–water partition coefficient (Wildman–Crippen LogP) is 2.60. The van der Waals surface area contributed by atoms with Crippen LogP contribution in [-0.4, -0.2) is 39.0 Å². The Morgan fingerprint density at radius 2 is 1.87 bits per heavy atom. The van der Waals surface area contributed by atoms with Crippen molar-refractivity contribution in [1.82, 2.24) is 0 Å². The maximum Gasteiger partial charge on any atom is 0.328 e. The number of anilines is 2. The van der Waals surface area contributed by atoms with Gasteiger partial charge in [0, 0.05) is 41.3 Å². The number of carboxylic acids is 1. The molecule has 2 aromatic carbocycles. The van der Waals surface area contributed by atoms with E-state index in [1.54, 1.807) is 24.3 Å². The number of rotatable bonds is 7. The Labute approximate surface area is 179 Å². The monoisotopic (exact) mass is 441 g/mol. The highest BCUT2D eigenvalue weighted by Crippen LogP contribution is 2.35. The number of nitrogens with one attached hydrogen (secondary N) is 1. The molecule has 0 spiro atoms. The van der Waals surface area contributed by atoms with Crippen LogP contribution in [-0.2, 0) is 19.2 Å². The van der Waals surface area contributed by atoms with Gasteiger partial charge in [0.15, 0.2) is 0 Å². The van der Waals surface area contributed by atoms with Gasteiger partial charge in [-0.05, 0) is 30.3 Å². The van der Waals surface area contributed by atoms with E-state index in [0.29, 0.717) is 16.7 Å². The van der Waals surface area contributed by atoms with Crippen molar-refractivity contribution >= 4 is 52.5 Å². The van der Waals surface area contributed by atoms with Crippen LogP contribution in [0.4, 0.5) is 17.1 Å². The number of imide groups is 1. The quantitative estimate of drug-likeness (QED) is 0.288. The molecule has 3 amide bonds. The summed E-state index contributed by atoms with van der Waals surface area (Å²) in [6, 6.07) is 11.7. The van der Waals surface area contributed by atoms with Crippen molar-refractivity contribution in [3.05, 3.63) is 70.8 Å². The summed E-state index contributed by atoms with van der Waals surface area (Å²) in [5, 5.41) is 21.2. The SMILES string of the molecule is O=C(O)/C=C/C(=O)Nc1cccc(S[C@@H]2CC(=O)N(c3ccc([N+](=O)[O-])cc3)C2=O)c1. The second-order valence-corrected chi connectivity index (χ2v) is 7.62. The van der Waals surface area contributed by atoms with Crippen molar-refractivity contribution in [3.63, 3.8) is 0 Å². The molecule has 11 heteroatoms. The lowest BCUT2D eigenvalue weighted by Gasteiger charge is -2.15. The van der Waals surface area contributed by atoms with E-state index >= 15 is 0 Å². The summed E-state index contributed by atoms with van der Waals surface area (Å²) >= 11 is 1.15. The van der Waals surface area contributed by atoms with Crippen molar-refractivity contribution in [2.75, 3.05) is 10.2 Å². The van der Waals surface area contributed by atoms with Crippen molar-refractivity contribution in [2.24, 2.45) is 0 Å². The zero-order chi connectivity index (χ0) is 22.5. The predicted molar refractivity (Wildman–Crippen MR) is 112 cm³/mol. The van der Waals surface area contributed by atoms with Gasteiger partial charge in [0.25, 0.3) is 5.69 Å². The molecule has 0 bridgehead atoms. The maximum absolute atomic E-state index is 12.8. The number of hydrogen-bond acceptors (Lipinski definition) is 7. The van der Waals surface area contributed by atoms with Crippen LogP contribution in [0.2, 0.25) is 0 Å². The highest BCUT2D eigenvalue weighted by atomic mass is 32.2. The second-order valence-electron chi connectivity index (χ2n) is 6.34. The highest BCUT2D eigenvalue weighted by Gasteiger charge is 2.40. The average molecular weight is 441 g/mol. The second kappa shape index (κ2) is 9.22. The fourth-order valence-electron chi connectivity index (χ4n) is 2.83. The number of benzene rings is 2. The number of nitro groups is 1. The van der Waals surface area contributed by atoms with E-state index in [2.05, 4.69) is 5.32 Å². The smallest absolute Gasteiger partial charge is 0.328 e. The Hall–Kier alpha value is -3.99. The molecule has 1 heterocycles. The Balaban J connectivity index is 1.70. The number of thioether (sulfide) groups is 1. The molecule has 0 unspecified atom stereocenters. The van der Waals surface area contributed by atoms with E-state index in [1.165, 1.54) is 24.3 Å². The molecule has 0 saturated carbocycles. The first-order valence-corrected chi connectivity index (χ1v) is 9.72. The molecule has 158 valence electrons. The molecule has 31 heavy (non-hydrogen) atoms. The minimum Gasteiger partial charge on any atom is -0.478 e. The number of carboxylic acid groups (broad SMARTS) is 1. The summed E-state index contributed by atoms with van der Waals surface area (Å²) in [5.41, 5.74) is 0.509. The summed E-state index contributed by atoms with van der Waals surface area (Å²) in [4.78, 5) is 59.2. The lowest BCUT2D eigenvalue weighted by Crippen LogP contribution is -2.31. The Kier molecular flexibility index (Phi) is 6.46. The fraction of sp³-hybridized carbons (Fsp3) is 0.100. The largest absolute Gasteiger partial charge is 0.478 e. The number of nitrogens with zero attached hydrogens (tertiary/aromatic N) is 2. The van der Waals surface area contributed by atoms with Crippen LogP contribution in [0.5, 0.6) is 0 Å². The van der Waals surface area contributed by atoms with Crippen molar-refractivity contribution in [3.8, 4) is 0 Å². The number of non-ortho nitro benzene ring substituents is 1. The lowest BCUT2D eigenvalue weighted by molar-refractivity contribution is -0.384. The first-order chi connectivity index (χ1) is 14.7. The van der Waals surface area contributed by atoms with Crippen molar-refractivity contribution < 1.29 is 29.2 Å². The van der Waals surface area contributed by atoms with Gasteiger partial charge in [-0.1, -0.05) is 6.07 Å². The van der Waals surface area contributed by atoms with Gasteiger partial charge in [-0.25, -0.2) is 9.69 Å². The Bertz CT molecular complexity index is 1100. The third-order valence-corrected chi connectivity index (χ3v) is 5.36. The van der Waals surface area contributed by atoms with Crippen LogP contribution in [0.3, 0.4) is 0 Å². The number of amides is 3. The third-order valence-electron chi connectivity index (χ3n) is 4.18. The summed E-state index contributed by atoms with van der Waals surface area (Å²) in [6.45, 7) is 0. The van der Waals surface area contributed by atoms with Crippen LogP contribution in [0.15, 0.2) is 65.6 Å². The number of carbonyl (C=O) groups is 4. The zero-order valence-electron chi connectivity index (χ0n) is 15.8. The molecule has 10 nitrogen and oxygen atoms in total. The van der Waals surface area contributed by atoms with Crippen LogP contribution in [0.25, 0.3) is 0 Å². The van der Waals surface area contributed by atoms with Crippen LogP contribution in [0.1, 0.15) is 6.42 Å². The van der Waals surface area contributed by atoms with E-state index in [4.69, 9.17) is 5.11 Å². The normalized spacial score (nSPS) is 16.0. The standard InChI is InChI=1S/C20H15N3O7S/c24-17(8-9-19(26)27)21-12-2-1-3-15(10-12)31-16-11-18(25)22(20(16)28)13-4-6-14(7-5-13)23(29)30/h1-10,16H,11H2,(H,21,24)(H,26,27)/b9-8+/t16-/m1/s1. The summed E-state index contributed by atoms with van der Waals surface area (Å²) in [7, 11) is 0. The van der Waals surface area contributed by atoms with Gasteiger partial charge in [-0.3, -0.25) is 24.5 Å². The van der Waals surface area contributed by atoms with Crippen LogP contribution < -0.4 is 10.2 Å². The molecule has 1 aliphatic rings. The molecule has 2 N–H and O–H groups in total. The van der Waals surface area contributed by atoms with Gasteiger partial charge in [-0.2, -0.15) is 0 Å². The van der Waals surface area contributed by atoms with E-state index in [0.717, 1.165) is 22.7 Å². The molecular formula is C20H15N3O7S. The zero-order valence-corrected chi connectivity index (χ0v) is 16.6. The fourth-order valence-corrected chi connectivity index (χ4v) is 3.95. The molecule has 0 aliphatic carbocycles. The van der Waals surface area contributed by atoms with Crippen molar-refractivity contribution in [2.45, 2.75) is 16.6 Å². The van der Waals surface area contributed by atoms with Crippen LogP contribution >= 0.6 is 11.8 Å². The Morgan fingerprint density at radius 3 is 2.52 bits per heavy atom. The Morgan fingerprint density at radius 1 is 1.16 bits per heavy atom. The van der Waals surface area contributed by atoms with Gasteiger partial charge in [0.1, 0.15) is 0 Å². The van der Waals surface area contributed by atoms with Gasteiger partial charge in [0.2, 0.25) is 17.7 Å². The third kappa shape index (κ3) is 5.34. The topological polar surface area (TPSA) is 147 Å². The van der Waals surface area contributed by atoms with Gasteiger partial charge in [-0.15, -0.1) is 11.8 Å². The lowest BCUT2D eigenvalue weighted by atomic mass is 10.2. The first kappa shape index (κ1) is 21.7. The first-order valence-electron chi connectivity index (χ1n) is 8.84. The number of nitro benzene ring substituents is 1. The minimum absolute atomic E-state index is 0.0432. The number of aliphatic carboxylic acids is 1. The molecule has 1 saturated heterocycles. The molecule has 0 radical (unpaired) electrons. The number of hydrogen-bond donors (Lipinski definition) is 2. The van der Waals surface area contributed by atoms with E-state index in [-0.39, 0.29) is 17.8 Å². The summed E-state index contributed by atoms with van der Waals surface area (Å²) < 4.78 is 0. The van der Waals surface area contributed by atoms with E-state index in [9.17, 15) is 29.3 Å². The van der Waals surface area contributed by atoms with Crippen molar-refractivity contribution in [1.29, 1.82) is 0 Å². The molecule has 1 fully saturated rings. The molecule has 3 rings (SSSR count). The summed E-state index contributed by atoms with van der Waals surface area (Å²) in [5.74, 6) is -2.73. The average Bonchev–Trinajstić information content (AvgIpc) is 2.99. The van der Waals surface area contributed by atoms with E-state index < -0.39 is 33.9 Å². The molecule has 1 atom stereocenters. The van der Waals surface area contributed by atoms with E-state index in [1.807, 2.05) is 0 Å². The number of carbonyl (C=O) groups excluding carboxylic acids is 3. The summed E-state index contributed by atoms with van der Waals surface area (Å²) in [6.07, 6.45) is 1.55. The maximum atomic E-state index is 12.8. The highest BCUT2D eigenvalue weighted by molar-refractivity contribution is 8.00. The van der Waals surface area contributed by atoms with Crippen LogP contribution in [0, 0.1) is 10.1 Å².